The van der Waals surface area contributed by atoms with Crippen molar-refractivity contribution < 1.29 is 13.2 Å². The Bertz CT molecular complexity index is 745. The summed E-state index contributed by atoms with van der Waals surface area (Å²) in [4.78, 5) is 14.7. The van der Waals surface area contributed by atoms with Crippen LogP contribution in [-0.4, -0.2) is 19.3 Å². The van der Waals surface area contributed by atoms with Crippen LogP contribution in [0.4, 0.5) is 11.5 Å². The lowest BCUT2D eigenvalue weighted by Gasteiger charge is -2.10. The van der Waals surface area contributed by atoms with Crippen molar-refractivity contribution in [1.29, 1.82) is 0 Å². The van der Waals surface area contributed by atoms with E-state index in [1.54, 1.807) is 12.1 Å². The summed E-state index contributed by atoms with van der Waals surface area (Å²) in [5.74, 6) is -0.510. The van der Waals surface area contributed by atoms with Crippen molar-refractivity contribution >= 4 is 27.4 Å². The highest BCUT2D eigenvalue weighted by Crippen LogP contribution is 2.21. The van der Waals surface area contributed by atoms with Crippen molar-refractivity contribution in [3.63, 3.8) is 0 Å². The van der Waals surface area contributed by atoms with Gasteiger partial charge in [-0.05, 0) is 30.3 Å². The maximum atomic E-state index is 12.2. The topological polar surface area (TPSA) is 128 Å². The maximum Gasteiger partial charge on any atom is 0.265 e. The van der Waals surface area contributed by atoms with Crippen LogP contribution < -0.4 is 16.2 Å². The molecule has 20 heavy (non-hydrogen) atoms. The molecule has 0 unspecified atom stereocenters. The number of nitrogens with zero attached hydrogens (tertiary/aromatic N) is 1. The van der Waals surface area contributed by atoms with Crippen LogP contribution in [0.5, 0.6) is 0 Å². The van der Waals surface area contributed by atoms with E-state index in [1.807, 2.05) is 0 Å². The number of nitrogen functional groups attached to an aromatic ring is 1. The van der Waals surface area contributed by atoms with Gasteiger partial charge < -0.3 is 11.5 Å². The predicted octanol–water partition coefficient (Wildman–Crippen LogP) is 0.563. The van der Waals surface area contributed by atoms with Crippen LogP contribution in [0, 0.1) is 0 Å². The molecule has 0 saturated heterocycles. The van der Waals surface area contributed by atoms with E-state index in [4.69, 9.17) is 11.5 Å². The Kier molecular flexibility index (Phi) is 3.57. The first kappa shape index (κ1) is 13.8. The van der Waals surface area contributed by atoms with Gasteiger partial charge >= 0.3 is 0 Å². The molecule has 1 amide bonds. The number of aromatic nitrogens is 1. The quantitative estimate of drug-likeness (QED) is 0.709. The van der Waals surface area contributed by atoms with Crippen molar-refractivity contribution in [3.8, 4) is 0 Å². The smallest absolute Gasteiger partial charge is 0.265 e. The zero-order chi connectivity index (χ0) is 14.8. The highest BCUT2D eigenvalue weighted by molar-refractivity contribution is 7.92. The van der Waals surface area contributed by atoms with Gasteiger partial charge in [0.25, 0.3) is 10.0 Å². The molecular weight excluding hydrogens is 280 g/mol. The van der Waals surface area contributed by atoms with Gasteiger partial charge in [-0.25, -0.2) is 13.4 Å². The lowest BCUT2D eigenvalue weighted by atomic mass is 10.2. The summed E-state index contributed by atoms with van der Waals surface area (Å²) in [6, 6.07) is 8.55. The van der Waals surface area contributed by atoms with Crippen LogP contribution in [-0.2, 0) is 10.0 Å². The largest absolute Gasteiger partial charge is 0.398 e. The van der Waals surface area contributed by atoms with Gasteiger partial charge in [0.2, 0.25) is 5.91 Å². The van der Waals surface area contributed by atoms with Crippen molar-refractivity contribution in [2.24, 2.45) is 5.73 Å². The molecule has 0 spiro atoms. The third-order valence-corrected chi connectivity index (χ3v) is 3.92. The average Bonchev–Trinajstić information content (AvgIpc) is 2.38. The molecule has 1 aromatic carbocycles. The van der Waals surface area contributed by atoms with E-state index in [1.165, 1.54) is 30.5 Å². The van der Waals surface area contributed by atoms with E-state index in [2.05, 4.69) is 9.71 Å². The van der Waals surface area contributed by atoms with Gasteiger partial charge in [0.1, 0.15) is 10.7 Å². The molecule has 0 fully saturated rings. The Labute approximate surface area is 115 Å². The van der Waals surface area contributed by atoms with Gasteiger partial charge in [-0.3, -0.25) is 9.52 Å². The molecule has 1 aromatic heterocycles. The fourth-order valence-corrected chi connectivity index (χ4v) is 2.68. The van der Waals surface area contributed by atoms with E-state index in [0.717, 1.165) is 0 Å². The van der Waals surface area contributed by atoms with Crippen LogP contribution in [0.1, 0.15) is 10.4 Å². The number of rotatable bonds is 4. The van der Waals surface area contributed by atoms with Crippen LogP contribution in [0.15, 0.2) is 47.5 Å². The molecule has 104 valence electrons. The van der Waals surface area contributed by atoms with Gasteiger partial charge in [-0.1, -0.05) is 6.07 Å². The van der Waals surface area contributed by atoms with Gasteiger partial charge in [-0.15, -0.1) is 0 Å². The first-order chi connectivity index (χ1) is 9.40. The molecule has 7 nitrogen and oxygen atoms in total. The molecule has 0 bridgehead atoms. The molecule has 0 atom stereocenters. The highest BCUT2D eigenvalue weighted by atomic mass is 32.2. The average molecular weight is 292 g/mol. The second kappa shape index (κ2) is 5.17. The molecule has 1 heterocycles. The number of amides is 1. The molecule has 0 aliphatic rings. The number of hydrogen-bond donors (Lipinski definition) is 3. The molecule has 0 saturated carbocycles. The number of nitrogens with two attached hydrogens (primary N) is 2. The van der Waals surface area contributed by atoms with Crippen LogP contribution in [0.25, 0.3) is 0 Å². The second-order valence-electron chi connectivity index (χ2n) is 3.94. The lowest BCUT2D eigenvalue weighted by molar-refractivity contribution is 0.1000. The summed E-state index contributed by atoms with van der Waals surface area (Å²) in [5, 5.41) is 0. The molecular formula is C12H12N4O3S. The van der Waals surface area contributed by atoms with Crippen molar-refractivity contribution in [1.82, 2.24) is 4.98 Å². The van der Waals surface area contributed by atoms with Crippen LogP contribution in [0.3, 0.4) is 0 Å². The summed E-state index contributed by atoms with van der Waals surface area (Å²) in [5.41, 5.74) is 10.8. The Balaban J connectivity index is 2.37. The lowest BCUT2D eigenvalue weighted by Crippen LogP contribution is -2.17. The minimum Gasteiger partial charge on any atom is -0.398 e. The van der Waals surface area contributed by atoms with E-state index in [-0.39, 0.29) is 22.0 Å². The molecule has 2 aromatic rings. The fraction of sp³-hybridized carbons (Fsp3) is 0. The third kappa shape index (κ3) is 2.86. The van der Waals surface area contributed by atoms with Gasteiger partial charge in [0.05, 0.1) is 5.69 Å². The first-order valence-electron chi connectivity index (χ1n) is 5.53. The molecule has 2 rings (SSSR count). The number of benzene rings is 1. The summed E-state index contributed by atoms with van der Waals surface area (Å²) in [7, 11) is -3.88. The Hall–Kier alpha value is -2.61. The Morgan fingerprint density at radius 3 is 2.50 bits per heavy atom. The standard InChI is InChI=1S/C12H12N4O3S/c13-9-7-8(12(14)17)4-5-10(9)20(18,19)16-11-3-1-2-6-15-11/h1-7H,13H2,(H2,14,17)(H,15,16). The SMILES string of the molecule is NC(=O)c1ccc(S(=O)(=O)Nc2ccccn2)c(N)c1. The van der Waals surface area contributed by atoms with E-state index >= 15 is 0 Å². The number of carbonyl (C=O) groups is 1. The van der Waals surface area contributed by atoms with Crippen LogP contribution in [0.2, 0.25) is 0 Å². The summed E-state index contributed by atoms with van der Waals surface area (Å²) < 4.78 is 26.6. The predicted molar refractivity (Wildman–Crippen MR) is 74.4 cm³/mol. The third-order valence-electron chi connectivity index (χ3n) is 2.49. The normalized spacial score (nSPS) is 11.0. The molecule has 0 aliphatic carbocycles. The minimum atomic E-state index is -3.88. The van der Waals surface area contributed by atoms with Crippen LogP contribution >= 0.6 is 0 Å². The number of pyridine rings is 1. The van der Waals surface area contributed by atoms with Gasteiger partial charge in [0, 0.05) is 11.8 Å². The maximum absolute atomic E-state index is 12.2. The second-order valence-corrected chi connectivity index (χ2v) is 5.59. The van der Waals surface area contributed by atoms with E-state index in [0.29, 0.717) is 0 Å². The number of carbonyl (C=O) groups excluding carboxylic acids is 1. The number of anilines is 2. The minimum absolute atomic E-state index is 0.0651. The zero-order valence-corrected chi connectivity index (χ0v) is 11.1. The van der Waals surface area contributed by atoms with E-state index in [9.17, 15) is 13.2 Å². The first-order valence-corrected chi connectivity index (χ1v) is 7.01. The Morgan fingerprint density at radius 1 is 1.20 bits per heavy atom. The van der Waals surface area contributed by atoms with Crippen molar-refractivity contribution in [2.75, 3.05) is 10.5 Å². The van der Waals surface area contributed by atoms with Gasteiger partial charge in [-0.2, -0.15) is 0 Å². The zero-order valence-electron chi connectivity index (χ0n) is 10.3. The molecule has 5 N–H and O–H groups in total. The molecule has 0 aliphatic heterocycles. The van der Waals surface area contributed by atoms with E-state index < -0.39 is 15.9 Å². The summed E-state index contributed by atoms with van der Waals surface area (Å²) >= 11 is 0. The van der Waals surface area contributed by atoms with Crippen molar-refractivity contribution in [3.05, 3.63) is 48.2 Å². The summed E-state index contributed by atoms with van der Waals surface area (Å²) in [6.07, 6.45) is 1.46. The number of nitrogens with one attached hydrogen (secondary N) is 1. The molecule has 0 radical (unpaired) electrons. The number of sulfonamides is 1. The number of hydrogen-bond acceptors (Lipinski definition) is 5. The fourth-order valence-electron chi connectivity index (χ4n) is 1.56. The van der Waals surface area contributed by atoms with Crippen molar-refractivity contribution in [2.45, 2.75) is 4.90 Å². The monoisotopic (exact) mass is 292 g/mol. The summed E-state index contributed by atoms with van der Waals surface area (Å²) in [6.45, 7) is 0. The molecule has 8 heteroatoms. The Morgan fingerprint density at radius 2 is 1.95 bits per heavy atom. The number of primary amides is 1. The van der Waals surface area contributed by atoms with Gasteiger partial charge in [0.15, 0.2) is 0 Å². The highest BCUT2D eigenvalue weighted by Gasteiger charge is 2.19.